The van der Waals surface area contributed by atoms with E-state index in [-0.39, 0.29) is 32.0 Å². The fourth-order valence-corrected chi connectivity index (χ4v) is 5.18. The first-order valence-corrected chi connectivity index (χ1v) is 14.5. The molecule has 0 spiro atoms. The van der Waals surface area contributed by atoms with Crippen molar-refractivity contribution in [1.82, 2.24) is 4.90 Å². The van der Waals surface area contributed by atoms with Gasteiger partial charge in [0.1, 0.15) is 23.8 Å². The molecule has 9 nitrogen and oxygen atoms in total. The normalized spacial score (nSPS) is 14.9. The molecule has 0 aliphatic heterocycles. The summed E-state index contributed by atoms with van der Waals surface area (Å²) in [6.07, 6.45) is 3.14. The maximum Gasteiger partial charge on any atom is 0.410 e. The molecule has 0 radical (unpaired) electrons. The van der Waals surface area contributed by atoms with Crippen LogP contribution in [0, 0.1) is 0 Å². The second-order valence-corrected chi connectivity index (χ2v) is 11.9. The second-order valence-electron chi connectivity index (χ2n) is 11.9. The molecule has 0 fully saturated rings. The maximum atomic E-state index is 13.8. The molecule has 0 aromatic heterocycles. The van der Waals surface area contributed by atoms with E-state index >= 15 is 0 Å². The van der Waals surface area contributed by atoms with Crippen LogP contribution < -0.4 is 11.5 Å². The Labute approximate surface area is 243 Å². The van der Waals surface area contributed by atoms with Gasteiger partial charge in [-0.05, 0) is 55.9 Å². The highest BCUT2D eigenvalue weighted by Crippen LogP contribution is 2.44. The third-order valence-electron chi connectivity index (χ3n) is 7.38. The number of nitrogens with zero attached hydrogens (tertiary/aromatic N) is 1. The van der Waals surface area contributed by atoms with Gasteiger partial charge in [0.05, 0.1) is 6.54 Å². The average Bonchev–Trinajstić information content (AvgIpc) is 3.24. The summed E-state index contributed by atoms with van der Waals surface area (Å²) < 4.78 is 11.5. The molecular weight excluding hydrogens is 522 g/mol. The molecule has 2 aromatic carbocycles. The molecule has 1 aliphatic carbocycles. The monoisotopic (exact) mass is 567 g/mol. The number of esters is 1. The van der Waals surface area contributed by atoms with Crippen LogP contribution in [-0.2, 0) is 19.1 Å². The van der Waals surface area contributed by atoms with E-state index in [1.807, 2.05) is 36.4 Å². The molecular formula is C32H45N3O6. The van der Waals surface area contributed by atoms with Gasteiger partial charge in [0.25, 0.3) is 0 Å². The molecule has 0 saturated carbocycles. The zero-order valence-corrected chi connectivity index (χ0v) is 24.7. The van der Waals surface area contributed by atoms with E-state index in [1.165, 1.54) is 4.90 Å². The highest BCUT2D eigenvalue weighted by Gasteiger charge is 2.41. The number of nitrogens with two attached hydrogens (primary N) is 2. The predicted octanol–water partition coefficient (Wildman–Crippen LogP) is 5.05. The van der Waals surface area contributed by atoms with Gasteiger partial charge in [-0.3, -0.25) is 4.79 Å². The lowest BCUT2D eigenvalue weighted by Gasteiger charge is -2.35. The Morgan fingerprint density at radius 2 is 1.56 bits per heavy atom. The molecule has 2 unspecified atom stereocenters. The van der Waals surface area contributed by atoms with Gasteiger partial charge in [0.2, 0.25) is 0 Å². The number of hydrogen-bond acceptors (Lipinski definition) is 7. The number of aliphatic carboxylic acids is 1. The number of rotatable bonds is 14. The number of fused-ring (bicyclic) bond motifs is 3. The first-order chi connectivity index (χ1) is 19.4. The largest absolute Gasteiger partial charge is 0.480 e. The first-order valence-electron chi connectivity index (χ1n) is 14.5. The molecule has 2 aromatic rings. The Bertz CT molecular complexity index is 1160. The SMILES string of the molecule is CCCCCCC(N)(CN(CCC(N)C(=O)O)C(=O)OC(C)(C)C)C(=O)OCC1c2ccccc2-c2ccccc21. The Morgan fingerprint density at radius 3 is 2.10 bits per heavy atom. The predicted molar refractivity (Wildman–Crippen MR) is 158 cm³/mol. The van der Waals surface area contributed by atoms with Gasteiger partial charge in [-0.2, -0.15) is 0 Å². The summed E-state index contributed by atoms with van der Waals surface area (Å²) in [5, 5.41) is 9.26. The van der Waals surface area contributed by atoms with E-state index in [1.54, 1.807) is 20.8 Å². The summed E-state index contributed by atoms with van der Waals surface area (Å²) in [6, 6.07) is 15.0. The zero-order chi connectivity index (χ0) is 30.2. The van der Waals surface area contributed by atoms with Crippen molar-refractivity contribution in [2.75, 3.05) is 19.7 Å². The lowest BCUT2D eigenvalue weighted by molar-refractivity contribution is -0.151. The average molecular weight is 568 g/mol. The van der Waals surface area contributed by atoms with Crippen LogP contribution in [-0.4, -0.2) is 64.9 Å². The lowest BCUT2D eigenvalue weighted by atomic mass is 9.91. The summed E-state index contributed by atoms with van der Waals surface area (Å²) in [5.74, 6) is -1.91. The number of carboxylic acid groups (broad SMARTS) is 1. The van der Waals surface area contributed by atoms with Gasteiger partial charge in [-0.1, -0.05) is 81.1 Å². The molecule has 0 bridgehead atoms. The highest BCUT2D eigenvalue weighted by atomic mass is 16.6. The van der Waals surface area contributed by atoms with Crippen LogP contribution in [0.1, 0.15) is 83.3 Å². The minimum absolute atomic E-state index is 0.0226. The van der Waals surface area contributed by atoms with Crippen LogP contribution in [0.3, 0.4) is 0 Å². The van der Waals surface area contributed by atoms with Gasteiger partial charge >= 0.3 is 18.0 Å². The van der Waals surface area contributed by atoms with Gasteiger partial charge in [-0.15, -0.1) is 0 Å². The van der Waals surface area contributed by atoms with Crippen molar-refractivity contribution >= 4 is 18.0 Å². The van der Waals surface area contributed by atoms with E-state index in [0.717, 1.165) is 41.5 Å². The fourth-order valence-electron chi connectivity index (χ4n) is 5.18. The van der Waals surface area contributed by atoms with Crippen molar-refractivity contribution in [3.05, 3.63) is 59.7 Å². The molecule has 2 atom stereocenters. The van der Waals surface area contributed by atoms with E-state index < -0.39 is 35.2 Å². The van der Waals surface area contributed by atoms with Gasteiger partial charge < -0.3 is 30.9 Å². The molecule has 3 rings (SSSR count). The summed E-state index contributed by atoms with van der Waals surface area (Å²) in [5.41, 5.74) is 14.6. The molecule has 9 heteroatoms. The van der Waals surface area contributed by atoms with Crippen molar-refractivity contribution < 1.29 is 29.0 Å². The van der Waals surface area contributed by atoms with Crippen molar-refractivity contribution in [2.45, 2.75) is 89.3 Å². The van der Waals surface area contributed by atoms with Crippen molar-refractivity contribution in [3.8, 4) is 11.1 Å². The Kier molecular flexibility index (Phi) is 10.9. The Morgan fingerprint density at radius 1 is 0.976 bits per heavy atom. The van der Waals surface area contributed by atoms with Gasteiger partial charge in [-0.25, -0.2) is 9.59 Å². The van der Waals surface area contributed by atoms with Crippen LogP contribution in [0.5, 0.6) is 0 Å². The first kappa shape index (κ1) is 32.1. The van der Waals surface area contributed by atoms with Crippen LogP contribution in [0.15, 0.2) is 48.5 Å². The van der Waals surface area contributed by atoms with Crippen LogP contribution in [0.4, 0.5) is 4.79 Å². The third kappa shape index (κ3) is 8.53. The van der Waals surface area contributed by atoms with Crippen LogP contribution in [0.25, 0.3) is 11.1 Å². The lowest BCUT2D eigenvalue weighted by Crippen LogP contribution is -2.59. The highest BCUT2D eigenvalue weighted by molar-refractivity contribution is 5.83. The molecule has 1 amide bonds. The van der Waals surface area contributed by atoms with E-state index in [9.17, 15) is 19.5 Å². The molecule has 41 heavy (non-hydrogen) atoms. The molecule has 5 N–H and O–H groups in total. The van der Waals surface area contributed by atoms with E-state index in [2.05, 4.69) is 19.1 Å². The molecule has 224 valence electrons. The number of carboxylic acids is 1. The summed E-state index contributed by atoms with van der Waals surface area (Å²) in [6.45, 7) is 7.19. The van der Waals surface area contributed by atoms with Crippen molar-refractivity contribution in [3.63, 3.8) is 0 Å². The molecule has 1 aliphatic rings. The third-order valence-corrected chi connectivity index (χ3v) is 7.38. The van der Waals surface area contributed by atoms with Gasteiger partial charge in [0.15, 0.2) is 0 Å². The van der Waals surface area contributed by atoms with Crippen molar-refractivity contribution in [1.29, 1.82) is 0 Å². The molecule has 0 heterocycles. The minimum Gasteiger partial charge on any atom is -0.480 e. The summed E-state index contributed by atoms with van der Waals surface area (Å²) in [4.78, 5) is 39.5. The number of carbonyl (C=O) groups excluding carboxylic acids is 2. The van der Waals surface area contributed by atoms with Crippen LogP contribution >= 0.6 is 0 Å². The summed E-state index contributed by atoms with van der Waals surface area (Å²) >= 11 is 0. The number of carbonyl (C=O) groups is 3. The smallest absolute Gasteiger partial charge is 0.410 e. The number of hydrogen-bond donors (Lipinski definition) is 3. The quantitative estimate of drug-likeness (QED) is 0.212. The van der Waals surface area contributed by atoms with E-state index in [4.69, 9.17) is 20.9 Å². The number of amides is 1. The standard InChI is InChI=1S/C32H45N3O6/c1-5-6-7-12-18-32(34,21-35(19-17-27(33)28(36)37)30(39)41-31(2,3)4)29(38)40-20-26-24-15-10-8-13-22(24)23-14-9-11-16-25(23)26/h8-11,13-16,26-27H,5-7,12,17-21,33-34H2,1-4H3,(H,36,37). The zero-order valence-electron chi connectivity index (χ0n) is 24.7. The van der Waals surface area contributed by atoms with E-state index in [0.29, 0.717) is 12.8 Å². The Hall–Kier alpha value is -3.43. The number of ether oxygens (including phenoxy) is 2. The van der Waals surface area contributed by atoms with Gasteiger partial charge in [0, 0.05) is 12.5 Å². The Balaban J connectivity index is 1.83. The minimum atomic E-state index is -1.52. The topological polar surface area (TPSA) is 145 Å². The number of benzene rings is 2. The fraction of sp³-hybridized carbons (Fsp3) is 0.531. The summed E-state index contributed by atoms with van der Waals surface area (Å²) in [7, 11) is 0. The maximum absolute atomic E-state index is 13.8. The second kappa shape index (κ2) is 14.0. The number of unbranched alkanes of at least 4 members (excludes halogenated alkanes) is 3. The van der Waals surface area contributed by atoms with Crippen molar-refractivity contribution in [2.24, 2.45) is 11.5 Å². The molecule has 0 saturated heterocycles. The van der Waals surface area contributed by atoms with Crippen LogP contribution in [0.2, 0.25) is 0 Å².